The summed E-state index contributed by atoms with van der Waals surface area (Å²) in [7, 11) is 0. The van der Waals surface area contributed by atoms with E-state index in [9.17, 15) is 4.79 Å². The molecule has 0 saturated carbocycles. The second-order valence-corrected chi connectivity index (χ2v) is 7.02. The molecule has 4 rings (SSSR count). The first kappa shape index (κ1) is 18.9. The number of halogens is 1. The SMILES string of the molecule is CC(C)Oc1nc(OC(C)C)nc([N+]23CCC(CC2)C(=O)C3)n1.[Cl-]. The lowest BCUT2D eigenvalue weighted by molar-refractivity contribution is -0.130. The van der Waals surface area contributed by atoms with Gasteiger partial charge in [-0.05, 0) is 27.7 Å². The van der Waals surface area contributed by atoms with Crippen molar-refractivity contribution in [2.24, 2.45) is 5.92 Å². The molecule has 3 aliphatic rings. The number of carbonyl (C=O) groups is 1. The fraction of sp³-hybridized carbons (Fsp3) is 0.750. The fourth-order valence-corrected chi connectivity index (χ4v) is 3.31. The van der Waals surface area contributed by atoms with Crippen LogP contribution in [0.25, 0.3) is 0 Å². The topological polar surface area (TPSA) is 74.2 Å². The van der Waals surface area contributed by atoms with Crippen LogP contribution in [0.15, 0.2) is 0 Å². The van der Waals surface area contributed by atoms with Crippen LogP contribution in [0.1, 0.15) is 40.5 Å². The highest BCUT2D eigenvalue weighted by atomic mass is 35.5. The highest BCUT2D eigenvalue weighted by Gasteiger charge is 2.49. The van der Waals surface area contributed by atoms with E-state index in [0.717, 1.165) is 25.9 Å². The number of nitrogens with zero attached hydrogens (tertiary/aromatic N) is 4. The number of piperidine rings is 3. The number of ketones is 1. The first-order valence-electron chi connectivity index (χ1n) is 8.37. The molecule has 8 heteroatoms. The minimum atomic E-state index is -0.0362. The summed E-state index contributed by atoms with van der Waals surface area (Å²) in [6.07, 6.45) is 1.74. The van der Waals surface area contributed by atoms with Gasteiger partial charge in [-0.1, -0.05) is 0 Å². The number of hydrogen-bond acceptors (Lipinski definition) is 6. The zero-order valence-electron chi connectivity index (χ0n) is 14.7. The van der Waals surface area contributed by atoms with E-state index in [1.807, 2.05) is 27.7 Å². The number of Topliss-reactive ketones (excluding diaryl/α,β-unsaturated/α-hetero) is 1. The second-order valence-electron chi connectivity index (χ2n) is 7.02. The van der Waals surface area contributed by atoms with Crippen LogP contribution in [0.5, 0.6) is 12.0 Å². The van der Waals surface area contributed by atoms with E-state index in [1.165, 1.54) is 0 Å². The van der Waals surface area contributed by atoms with E-state index in [0.29, 0.717) is 22.8 Å². The summed E-state index contributed by atoms with van der Waals surface area (Å²) in [6, 6.07) is 0.543. The molecule has 24 heavy (non-hydrogen) atoms. The van der Waals surface area contributed by atoms with Gasteiger partial charge in [0, 0.05) is 18.8 Å². The molecule has 3 saturated heterocycles. The Hall–Kier alpha value is -1.47. The first-order chi connectivity index (χ1) is 10.9. The van der Waals surface area contributed by atoms with Gasteiger partial charge in [0.05, 0.1) is 25.3 Å². The van der Waals surface area contributed by atoms with Crippen molar-refractivity contribution in [2.75, 3.05) is 19.6 Å². The van der Waals surface area contributed by atoms with Gasteiger partial charge in [0.1, 0.15) is 6.54 Å². The highest BCUT2D eigenvalue weighted by molar-refractivity contribution is 5.86. The van der Waals surface area contributed by atoms with Gasteiger partial charge >= 0.3 is 18.0 Å². The number of fused-ring (bicyclic) bond motifs is 3. The molecule has 1 aromatic heterocycles. The average Bonchev–Trinajstić information content (AvgIpc) is 2.46. The monoisotopic (exact) mass is 356 g/mol. The van der Waals surface area contributed by atoms with Gasteiger partial charge in [0.15, 0.2) is 5.78 Å². The molecule has 0 spiro atoms. The Bertz CT molecular complexity index is 573. The fourth-order valence-electron chi connectivity index (χ4n) is 3.31. The first-order valence-corrected chi connectivity index (χ1v) is 8.37. The third kappa shape index (κ3) is 3.78. The molecule has 2 bridgehead atoms. The van der Waals surface area contributed by atoms with Crippen molar-refractivity contribution in [3.63, 3.8) is 0 Å². The predicted molar refractivity (Wildman–Crippen MR) is 85.5 cm³/mol. The van der Waals surface area contributed by atoms with Crippen LogP contribution in [-0.2, 0) is 4.79 Å². The number of ether oxygens (including phenoxy) is 2. The van der Waals surface area contributed by atoms with Gasteiger partial charge in [-0.25, -0.2) is 0 Å². The molecule has 3 fully saturated rings. The van der Waals surface area contributed by atoms with E-state index in [-0.39, 0.29) is 42.6 Å². The van der Waals surface area contributed by atoms with Gasteiger partial charge in [-0.2, -0.15) is 0 Å². The normalized spacial score (nSPS) is 25.8. The van der Waals surface area contributed by atoms with Gasteiger partial charge < -0.3 is 21.9 Å². The minimum absolute atomic E-state index is 0. The van der Waals surface area contributed by atoms with E-state index in [1.54, 1.807) is 0 Å². The van der Waals surface area contributed by atoms with Crippen LogP contribution in [0.3, 0.4) is 0 Å². The van der Waals surface area contributed by atoms with Gasteiger partial charge in [0.2, 0.25) is 0 Å². The number of rotatable bonds is 5. The summed E-state index contributed by atoms with van der Waals surface area (Å²) in [5.74, 6) is 1.15. The van der Waals surface area contributed by atoms with E-state index < -0.39 is 0 Å². The van der Waals surface area contributed by atoms with Crippen LogP contribution in [0, 0.1) is 5.92 Å². The molecule has 4 heterocycles. The van der Waals surface area contributed by atoms with Crippen molar-refractivity contribution in [1.29, 1.82) is 0 Å². The molecule has 0 radical (unpaired) electrons. The summed E-state index contributed by atoms with van der Waals surface area (Å²) in [4.78, 5) is 25.5. The predicted octanol–water partition coefficient (Wildman–Crippen LogP) is -1.25. The highest BCUT2D eigenvalue weighted by Crippen LogP contribution is 2.35. The summed E-state index contributed by atoms with van der Waals surface area (Å²) < 4.78 is 11.8. The van der Waals surface area contributed by atoms with Crippen molar-refractivity contribution in [1.82, 2.24) is 19.4 Å². The maximum Gasteiger partial charge on any atom is 0.338 e. The van der Waals surface area contributed by atoms with Crippen LogP contribution in [-0.4, -0.2) is 52.6 Å². The molecule has 1 aromatic rings. The smallest absolute Gasteiger partial charge is 0.338 e. The summed E-state index contributed by atoms with van der Waals surface area (Å²) in [5.41, 5.74) is 0. The van der Waals surface area contributed by atoms with Crippen molar-refractivity contribution in [3.8, 4) is 12.0 Å². The van der Waals surface area contributed by atoms with Crippen LogP contribution < -0.4 is 26.4 Å². The number of carbonyl (C=O) groups excluding carboxylic acids is 1. The summed E-state index contributed by atoms with van der Waals surface area (Å²) in [5, 5.41) is 0. The maximum atomic E-state index is 12.2. The van der Waals surface area contributed by atoms with Gasteiger partial charge in [0.25, 0.3) is 0 Å². The molecular weight excluding hydrogens is 332 g/mol. The third-order valence-electron chi connectivity index (χ3n) is 4.41. The van der Waals surface area contributed by atoms with E-state index in [2.05, 4.69) is 15.0 Å². The Kier molecular flexibility index (Phi) is 5.65. The molecule has 0 amide bonds. The lowest BCUT2D eigenvalue weighted by Gasteiger charge is -2.45. The van der Waals surface area contributed by atoms with E-state index >= 15 is 0 Å². The standard InChI is InChI=1S/C16H25N4O3.ClH/c1-10(2)22-15-17-14(18-16(19-15)23-11(3)4)20-7-5-12(6-8-20)13(21)9-20;/h10-12H,5-9H2,1-4H3;1H/q+1;/p-1. The Morgan fingerprint density at radius 2 is 1.46 bits per heavy atom. The maximum absolute atomic E-state index is 12.2. The minimum Gasteiger partial charge on any atom is -1.00 e. The summed E-state index contributed by atoms with van der Waals surface area (Å²) >= 11 is 0. The molecule has 0 aliphatic carbocycles. The van der Waals surface area contributed by atoms with Crippen molar-refractivity contribution in [3.05, 3.63) is 0 Å². The quantitative estimate of drug-likeness (QED) is 0.614. The van der Waals surface area contributed by atoms with Crippen LogP contribution in [0.4, 0.5) is 5.95 Å². The molecule has 0 aromatic carbocycles. The van der Waals surface area contributed by atoms with Crippen LogP contribution >= 0.6 is 0 Å². The molecule has 7 nitrogen and oxygen atoms in total. The second kappa shape index (κ2) is 7.19. The Morgan fingerprint density at radius 3 is 1.88 bits per heavy atom. The molecular formula is C16H25ClN4O3. The zero-order valence-corrected chi connectivity index (χ0v) is 15.4. The number of quaternary nitrogens is 1. The number of hydrogen-bond donors (Lipinski definition) is 0. The lowest BCUT2D eigenvalue weighted by atomic mass is 9.85. The Labute approximate surface area is 148 Å². The van der Waals surface area contributed by atoms with Crippen molar-refractivity contribution in [2.45, 2.75) is 52.7 Å². The Balaban J connectivity index is 0.00000208. The molecule has 0 unspecified atom stereocenters. The Morgan fingerprint density at radius 1 is 0.958 bits per heavy atom. The van der Waals surface area contributed by atoms with Crippen molar-refractivity contribution < 1.29 is 26.7 Å². The van der Waals surface area contributed by atoms with E-state index in [4.69, 9.17) is 9.47 Å². The van der Waals surface area contributed by atoms with Gasteiger partial charge in [-0.15, -0.1) is 15.0 Å². The summed E-state index contributed by atoms with van der Waals surface area (Å²) in [6.45, 7) is 9.95. The lowest BCUT2D eigenvalue weighted by Crippen LogP contribution is -3.00. The van der Waals surface area contributed by atoms with Crippen LogP contribution in [0.2, 0.25) is 0 Å². The van der Waals surface area contributed by atoms with Gasteiger partial charge in [-0.3, -0.25) is 9.28 Å². The zero-order chi connectivity index (χ0) is 16.6. The molecule has 0 N–H and O–H groups in total. The number of aromatic nitrogens is 3. The average molecular weight is 357 g/mol. The third-order valence-corrected chi connectivity index (χ3v) is 4.41. The molecule has 134 valence electrons. The molecule has 0 atom stereocenters. The molecule has 3 aliphatic heterocycles. The largest absolute Gasteiger partial charge is 1.00 e. The van der Waals surface area contributed by atoms with Crippen molar-refractivity contribution >= 4 is 11.7 Å².